The highest BCUT2D eigenvalue weighted by atomic mass is 16.5. The number of aliphatic hydroxyl groups excluding tert-OH is 3. The van der Waals surface area contributed by atoms with E-state index in [2.05, 4.69) is 0 Å². The quantitative estimate of drug-likeness (QED) is 0.693. The first-order chi connectivity index (χ1) is 11.5. The fraction of sp³-hybridized carbons (Fsp3) is 0.611. The molecule has 2 fully saturated rings. The van der Waals surface area contributed by atoms with Gasteiger partial charge in [0.05, 0.1) is 36.9 Å². The van der Waals surface area contributed by atoms with Crippen LogP contribution >= 0.6 is 0 Å². The van der Waals surface area contributed by atoms with Crippen LogP contribution < -0.4 is 0 Å². The number of ether oxygens (including phenoxy) is 1. The summed E-state index contributed by atoms with van der Waals surface area (Å²) in [6.07, 6.45) is -1.87. The van der Waals surface area contributed by atoms with Gasteiger partial charge in [-0.15, -0.1) is 0 Å². The Morgan fingerprint density at radius 3 is 2.58 bits per heavy atom. The van der Waals surface area contributed by atoms with Crippen molar-refractivity contribution in [3.05, 3.63) is 35.9 Å². The predicted octanol–water partition coefficient (Wildman–Crippen LogP) is 0.468. The molecule has 0 aliphatic carbocycles. The van der Waals surface area contributed by atoms with E-state index in [1.165, 1.54) is 0 Å². The molecule has 132 valence electrons. The van der Waals surface area contributed by atoms with E-state index in [4.69, 9.17) is 4.74 Å². The van der Waals surface area contributed by atoms with E-state index >= 15 is 0 Å². The molecular formula is C18H25NO5. The molecule has 2 unspecified atom stereocenters. The van der Waals surface area contributed by atoms with Gasteiger partial charge in [0, 0.05) is 12.6 Å². The number of piperidine rings is 1. The zero-order valence-electron chi connectivity index (χ0n) is 13.8. The molecule has 2 heterocycles. The third-order valence-electron chi connectivity index (χ3n) is 5.05. The summed E-state index contributed by atoms with van der Waals surface area (Å²) in [6.45, 7) is 2.50. The summed E-state index contributed by atoms with van der Waals surface area (Å²) in [6, 6.07) is 8.65. The third kappa shape index (κ3) is 3.07. The van der Waals surface area contributed by atoms with Crippen LogP contribution in [0.1, 0.15) is 31.4 Å². The Hall–Kier alpha value is -1.47. The van der Waals surface area contributed by atoms with Gasteiger partial charge in [-0.05, 0) is 18.4 Å². The maximum Gasteiger partial charge on any atom is 0.310 e. The van der Waals surface area contributed by atoms with Crippen molar-refractivity contribution in [3.8, 4) is 0 Å². The molecule has 6 heteroatoms. The molecular weight excluding hydrogens is 310 g/mol. The van der Waals surface area contributed by atoms with E-state index in [0.717, 1.165) is 12.0 Å². The number of carbonyl (C=O) groups is 1. The molecule has 1 aromatic carbocycles. The molecule has 1 aromatic rings. The standard InChI is InChI=1S/C18H25NO5/c1-2-8-24-18(23)12-9-13(20)16-17(22)14(21)10-19(16)15(12)11-6-4-3-5-7-11/h3-7,12-17,20-22H,2,8-10H2,1H3/t12?,13-,14-,15?,16-,17-/m1/s1. The molecule has 2 saturated heterocycles. The van der Waals surface area contributed by atoms with Crippen molar-refractivity contribution in [2.75, 3.05) is 13.2 Å². The van der Waals surface area contributed by atoms with Crippen LogP contribution in [0.2, 0.25) is 0 Å². The van der Waals surface area contributed by atoms with Crippen molar-refractivity contribution in [2.24, 2.45) is 5.92 Å². The van der Waals surface area contributed by atoms with Crippen LogP contribution in [0.5, 0.6) is 0 Å². The van der Waals surface area contributed by atoms with Crippen LogP contribution in [0.25, 0.3) is 0 Å². The number of rotatable bonds is 4. The zero-order chi connectivity index (χ0) is 17.3. The zero-order valence-corrected chi connectivity index (χ0v) is 13.8. The number of hydrogen-bond donors (Lipinski definition) is 3. The highest BCUT2D eigenvalue weighted by molar-refractivity contribution is 5.74. The van der Waals surface area contributed by atoms with Crippen LogP contribution in [-0.4, -0.2) is 63.7 Å². The van der Waals surface area contributed by atoms with Gasteiger partial charge in [0.15, 0.2) is 0 Å². The van der Waals surface area contributed by atoms with Crippen LogP contribution in [0, 0.1) is 5.92 Å². The van der Waals surface area contributed by atoms with Crippen LogP contribution in [-0.2, 0) is 9.53 Å². The van der Waals surface area contributed by atoms with Crippen LogP contribution in [0.3, 0.4) is 0 Å². The van der Waals surface area contributed by atoms with Crippen molar-refractivity contribution in [1.29, 1.82) is 0 Å². The Labute approximate surface area is 141 Å². The van der Waals surface area contributed by atoms with E-state index in [9.17, 15) is 20.1 Å². The molecule has 0 amide bonds. The Kier molecular flexibility index (Phi) is 5.20. The van der Waals surface area contributed by atoms with Crippen molar-refractivity contribution >= 4 is 5.97 Å². The Bertz CT molecular complexity index is 566. The van der Waals surface area contributed by atoms with Gasteiger partial charge in [-0.3, -0.25) is 9.69 Å². The molecule has 0 radical (unpaired) electrons. The summed E-state index contributed by atoms with van der Waals surface area (Å²) in [4.78, 5) is 14.4. The largest absolute Gasteiger partial charge is 0.465 e. The lowest BCUT2D eigenvalue weighted by atomic mass is 9.80. The molecule has 3 rings (SSSR count). The topological polar surface area (TPSA) is 90.2 Å². The van der Waals surface area contributed by atoms with E-state index < -0.39 is 30.3 Å². The first-order valence-electron chi connectivity index (χ1n) is 8.56. The molecule has 0 spiro atoms. The van der Waals surface area contributed by atoms with Crippen LogP contribution in [0.15, 0.2) is 30.3 Å². The first-order valence-corrected chi connectivity index (χ1v) is 8.56. The fourth-order valence-electron chi connectivity index (χ4n) is 3.99. The number of esters is 1. The lowest BCUT2D eigenvalue weighted by molar-refractivity contribution is -0.159. The monoisotopic (exact) mass is 335 g/mol. The van der Waals surface area contributed by atoms with E-state index in [0.29, 0.717) is 6.61 Å². The van der Waals surface area contributed by atoms with E-state index in [-0.39, 0.29) is 25.0 Å². The predicted molar refractivity (Wildman–Crippen MR) is 87.1 cm³/mol. The number of carbonyl (C=O) groups excluding carboxylic acids is 1. The second-order valence-electron chi connectivity index (χ2n) is 6.68. The smallest absolute Gasteiger partial charge is 0.310 e. The molecule has 2 aliphatic rings. The maximum atomic E-state index is 12.6. The van der Waals surface area contributed by atoms with E-state index in [1.54, 1.807) is 0 Å². The van der Waals surface area contributed by atoms with Crippen molar-refractivity contribution in [1.82, 2.24) is 4.90 Å². The summed E-state index contributed by atoms with van der Waals surface area (Å²) < 4.78 is 5.33. The van der Waals surface area contributed by atoms with Gasteiger partial charge in [0.25, 0.3) is 0 Å². The minimum atomic E-state index is -1.01. The second kappa shape index (κ2) is 7.19. The highest BCUT2D eigenvalue weighted by Crippen LogP contribution is 2.43. The Morgan fingerprint density at radius 2 is 1.92 bits per heavy atom. The Balaban J connectivity index is 1.94. The molecule has 0 saturated carbocycles. The molecule has 24 heavy (non-hydrogen) atoms. The molecule has 0 bridgehead atoms. The van der Waals surface area contributed by atoms with Gasteiger partial charge >= 0.3 is 5.97 Å². The summed E-state index contributed by atoms with van der Waals surface area (Å²) in [5, 5.41) is 30.7. The van der Waals surface area contributed by atoms with Crippen molar-refractivity contribution in [3.63, 3.8) is 0 Å². The summed E-state index contributed by atoms with van der Waals surface area (Å²) in [5.41, 5.74) is 0.925. The first kappa shape index (κ1) is 17.4. The number of fused-ring (bicyclic) bond motifs is 1. The van der Waals surface area contributed by atoms with Crippen molar-refractivity contribution in [2.45, 2.75) is 50.2 Å². The normalized spacial score (nSPS) is 36.3. The van der Waals surface area contributed by atoms with Gasteiger partial charge in [-0.25, -0.2) is 0 Å². The average molecular weight is 335 g/mol. The van der Waals surface area contributed by atoms with Gasteiger partial charge in [-0.1, -0.05) is 37.3 Å². The number of aliphatic hydroxyl groups is 3. The summed E-state index contributed by atoms with van der Waals surface area (Å²) >= 11 is 0. The number of hydrogen-bond acceptors (Lipinski definition) is 6. The SMILES string of the molecule is CCCOC(=O)C1C[C@@H](O)[C@@H]2[C@H](O)[C@H](O)CN2C1c1ccccc1. The van der Waals surface area contributed by atoms with Gasteiger partial charge in [0.1, 0.15) is 0 Å². The molecule has 6 nitrogen and oxygen atoms in total. The lowest BCUT2D eigenvalue weighted by Gasteiger charge is -2.45. The minimum Gasteiger partial charge on any atom is -0.465 e. The lowest BCUT2D eigenvalue weighted by Crippen LogP contribution is -2.55. The number of benzene rings is 1. The maximum absolute atomic E-state index is 12.6. The van der Waals surface area contributed by atoms with Gasteiger partial charge in [-0.2, -0.15) is 0 Å². The highest BCUT2D eigenvalue weighted by Gasteiger charge is 2.54. The molecule has 3 N–H and O–H groups in total. The number of nitrogens with zero attached hydrogens (tertiary/aromatic N) is 1. The summed E-state index contributed by atoms with van der Waals surface area (Å²) in [7, 11) is 0. The van der Waals surface area contributed by atoms with Gasteiger partial charge < -0.3 is 20.1 Å². The molecule has 6 atom stereocenters. The Morgan fingerprint density at radius 1 is 1.21 bits per heavy atom. The van der Waals surface area contributed by atoms with Gasteiger partial charge in [0.2, 0.25) is 0 Å². The average Bonchev–Trinajstić information content (AvgIpc) is 2.88. The van der Waals surface area contributed by atoms with Crippen molar-refractivity contribution < 1.29 is 24.9 Å². The van der Waals surface area contributed by atoms with E-state index in [1.807, 2.05) is 42.2 Å². The molecule has 0 aromatic heterocycles. The summed E-state index contributed by atoms with van der Waals surface area (Å²) in [5.74, 6) is -0.859. The van der Waals surface area contributed by atoms with Crippen LogP contribution in [0.4, 0.5) is 0 Å². The minimum absolute atomic E-state index is 0.215. The fourth-order valence-corrected chi connectivity index (χ4v) is 3.99. The third-order valence-corrected chi connectivity index (χ3v) is 5.05. The molecule has 2 aliphatic heterocycles. The second-order valence-corrected chi connectivity index (χ2v) is 6.68.